The number of rotatable bonds is 4. The van der Waals surface area contributed by atoms with Crippen molar-refractivity contribution in [1.29, 1.82) is 0 Å². The number of aryl methyl sites for hydroxylation is 1. The first kappa shape index (κ1) is 18.2. The SMILES string of the molecule is Cc1nnc(N[C@H](C)c2cccc(F)c2F)c2cc(N3C4COCC3C4)cnc12. The molecule has 150 valence electrons. The number of aromatic nitrogens is 3. The van der Waals surface area contributed by atoms with Crippen molar-refractivity contribution >= 4 is 22.4 Å². The van der Waals surface area contributed by atoms with Crippen molar-refractivity contribution in [1.82, 2.24) is 15.2 Å². The van der Waals surface area contributed by atoms with Crippen LogP contribution in [-0.2, 0) is 4.74 Å². The molecule has 2 bridgehead atoms. The molecule has 2 saturated heterocycles. The van der Waals surface area contributed by atoms with Crippen LogP contribution in [0.1, 0.15) is 30.6 Å². The van der Waals surface area contributed by atoms with E-state index in [9.17, 15) is 8.78 Å². The summed E-state index contributed by atoms with van der Waals surface area (Å²) in [4.78, 5) is 6.96. The molecule has 0 spiro atoms. The summed E-state index contributed by atoms with van der Waals surface area (Å²) in [7, 11) is 0. The normalized spacial score (nSPS) is 21.7. The molecule has 0 aliphatic carbocycles. The van der Waals surface area contributed by atoms with E-state index in [1.807, 2.05) is 19.2 Å². The summed E-state index contributed by atoms with van der Waals surface area (Å²) < 4.78 is 33.4. The molecule has 2 aromatic heterocycles. The smallest absolute Gasteiger partial charge is 0.164 e. The summed E-state index contributed by atoms with van der Waals surface area (Å²) in [6.07, 6.45) is 2.99. The minimum Gasteiger partial charge on any atom is -0.377 e. The molecule has 1 aromatic carbocycles. The summed E-state index contributed by atoms with van der Waals surface area (Å²) in [5.41, 5.74) is 2.70. The average molecular weight is 397 g/mol. The lowest BCUT2D eigenvalue weighted by molar-refractivity contribution is 0.0103. The predicted octanol–water partition coefficient (Wildman–Crippen LogP) is 3.76. The number of ether oxygens (including phenoxy) is 1. The van der Waals surface area contributed by atoms with E-state index in [0.29, 0.717) is 23.6 Å². The lowest BCUT2D eigenvalue weighted by Gasteiger charge is -2.53. The Kier molecular flexibility index (Phi) is 4.31. The van der Waals surface area contributed by atoms with Crippen LogP contribution in [-0.4, -0.2) is 40.5 Å². The van der Waals surface area contributed by atoms with Crippen LogP contribution in [0, 0.1) is 18.6 Å². The Bertz CT molecular complexity index is 1080. The lowest BCUT2D eigenvalue weighted by atomic mass is 9.90. The number of hydrogen-bond donors (Lipinski definition) is 1. The Morgan fingerprint density at radius 3 is 2.76 bits per heavy atom. The number of benzene rings is 1. The van der Waals surface area contributed by atoms with Gasteiger partial charge < -0.3 is 15.0 Å². The third-order valence-electron chi connectivity index (χ3n) is 5.82. The highest BCUT2D eigenvalue weighted by atomic mass is 19.2. The molecule has 0 amide bonds. The molecule has 0 radical (unpaired) electrons. The maximum atomic E-state index is 14.2. The van der Waals surface area contributed by atoms with Crippen LogP contribution >= 0.6 is 0 Å². The van der Waals surface area contributed by atoms with Crippen LogP contribution in [0.4, 0.5) is 20.3 Å². The predicted molar refractivity (Wildman–Crippen MR) is 106 cm³/mol. The molecule has 2 unspecified atom stereocenters. The fraction of sp³-hybridized carbons (Fsp3) is 0.381. The zero-order valence-corrected chi connectivity index (χ0v) is 16.2. The van der Waals surface area contributed by atoms with Gasteiger partial charge in [0.2, 0.25) is 0 Å². The van der Waals surface area contributed by atoms with E-state index in [2.05, 4.69) is 25.4 Å². The minimum atomic E-state index is -0.869. The van der Waals surface area contributed by atoms with Crippen LogP contribution in [0.2, 0.25) is 0 Å². The fourth-order valence-corrected chi connectivity index (χ4v) is 4.29. The van der Waals surface area contributed by atoms with Crippen LogP contribution < -0.4 is 10.2 Å². The molecule has 3 atom stereocenters. The number of morpholine rings is 1. The van der Waals surface area contributed by atoms with Gasteiger partial charge in [-0.3, -0.25) is 4.98 Å². The molecule has 2 fully saturated rings. The van der Waals surface area contributed by atoms with Gasteiger partial charge in [-0.1, -0.05) is 12.1 Å². The maximum absolute atomic E-state index is 14.2. The first-order valence-corrected chi connectivity index (χ1v) is 9.72. The van der Waals surface area contributed by atoms with E-state index in [0.717, 1.165) is 42.3 Å². The molecule has 6 nitrogen and oxygen atoms in total. The van der Waals surface area contributed by atoms with Crippen LogP contribution in [0.3, 0.4) is 0 Å². The van der Waals surface area contributed by atoms with E-state index in [4.69, 9.17) is 4.74 Å². The Morgan fingerprint density at radius 1 is 1.21 bits per heavy atom. The van der Waals surface area contributed by atoms with Crippen LogP contribution in [0.5, 0.6) is 0 Å². The Labute approximate surface area is 166 Å². The molecule has 4 heterocycles. The summed E-state index contributed by atoms with van der Waals surface area (Å²) in [5.74, 6) is -1.23. The van der Waals surface area contributed by atoms with Gasteiger partial charge in [0.05, 0.1) is 54.4 Å². The highest BCUT2D eigenvalue weighted by molar-refractivity contribution is 5.92. The number of pyridine rings is 1. The quantitative estimate of drug-likeness (QED) is 0.723. The summed E-state index contributed by atoms with van der Waals surface area (Å²) in [6.45, 7) is 5.07. The monoisotopic (exact) mass is 397 g/mol. The number of fused-ring (bicyclic) bond motifs is 3. The van der Waals surface area contributed by atoms with Gasteiger partial charge >= 0.3 is 0 Å². The third kappa shape index (κ3) is 2.98. The van der Waals surface area contributed by atoms with Crippen molar-refractivity contribution in [3.63, 3.8) is 0 Å². The van der Waals surface area contributed by atoms with Crippen LogP contribution in [0.15, 0.2) is 30.5 Å². The van der Waals surface area contributed by atoms with E-state index >= 15 is 0 Å². The van der Waals surface area contributed by atoms with E-state index in [1.54, 1.807) is 13.0 Å². The Morgan fingerprint density at radius 2 is 2.00 bits per heavy atom. The molecular weight excluding hydrogens is 376 g/mol. The fourth-order valence-electron chi connectivity index (χ4n) is 4.29. The van der Waals surface area contributed by atoms with E-state index < -0.39 is 17.7 Å². The van der Waals surface area contributed by atoms with Gasteiger partial charge in [-0.05, 0) is 32.4 Å². The molecule has 29 heavy (non-hydrogen) atoms. The molecule has 5 rings (SSSR count). The highest BCUT2D eigenvalue weighted by Crippen LogP contribution is 2.38. The number of hydrogen-bond acceptors (Lipinski definition) is 6. The molecule has 1 N–H and O–H groups in total. The summed E-state index contributed by atoms with van der Waals surface area (Å²) in [5, 5.41) is 12.5. The first-order valence-electron chi connectivity index (χ1n) is 9.72. The summed E-state index contributed by atoms with van der Waals surface area (Å²) >= 11 is 0. The number of nitrogens with one attached hydrogen (secondary N) is 1. The average Bonchev–Trinajstić information content (AvgIpc) is 2.72. The van der Waals surface area contributed by atoms with Crippen molar-refractivity contribution in [3.05, 3.63) is 53.4 Å². The molecule has 2 aliphatic rings. The van der Waals surface area contributed by atoms with Gasteiger partial charge in [-0.2, -0.15) is 5.10 Å². The number of halogens is 2. The molecular formula is C21H21F2N5O. The van der Waals surface area contributed by atoms with Crippen molar-refractivity contribution in [2.24, 2.45) is 0 Å². The van der Waals surface area contributed by atoms with Gasteiger partial charge in [0.15, 0.2) is 17.5 Å². The van der Waals surface area contributed by atoms with Gasteiger partial charge in [-0.25, -0.2) is 8.78 Å². The molecule has 2 aliphatic heterocycles. The zero-order chi connectivity index (χ0) is 20.1. The number of anilines is 2. The Hall–Kier alpha value is -2.87. The lowest BCUT2D eigenvalue weighted by Crippen LogP contribution is -2.64. The summed E-state index contributed by atoms with van der Waals surface area (Å²) in [6, 6.07) is 6.47. The topological polar surface area (TPSA) is 63.2 Å². The van der Waals surface area contributed by atoms with Gasteiger partial charge in [-0.15, -0.1) is 5.10 Å². The minimum absolute atomic E-state index is 0.235. The van der Waals surface area contributed by atoms with Crippen molar-refractivity contribution < 1.29 is 13.5 Å². The number of nitrogens with zero attached hydrogens (tertiary/aromatic N) is 4. The van der Waals surface area contributed by atoms with Crippen molar-refractivity contribution in [2.75, 3.05) is 23.4 Å². The second-order valence-corrected chi connectivity index (χ2v) is 7.72. The highest BCUT2D eigenvalue weighted by Gasteiger charge is 2.42. The maximum Gasteiger partial charge on any atom is 0.164 e. The molecule has 8 heteroatoms. The van der Waals surface area contributed by atoms with E-state index in [-0.39, 0.29) is 5.56 Å². The standard InChI is InChI=1S/C21H21F2N5O/c1-11(16-4-3-5-18(22)19(16)23)25-21-17-7-13(8-24-20(17)12(2)26-27-21)28-14-6-15(28)10-29-9-14/h3-5,7-8,11,14-15H,6,9-10H2,1-2H3,(H,25,27)/t11-,14?,15?/m1/s1. The first-order chi connectivity index (χ1) is 14.0. The van der Waals surface area contributed by atoms with Crippen molar-refractivity contribution in [2.45, 2.75) is 38.4 Å². The largest absolute Gasteiger partial charge is 0.377 e. The Balaban J connectivity index is 1.52. The zero-order valence-electron chi connectivity index (χ0n) is 16.2. The van der Waals surface area contributed by atoms with E-state index in [1.165, 1.54) is 6.07 Å². The van der Waals surface area contributed by atoms with Gasteiger partial charge in [0.1, 0.15) is 0 Å². The van der Waals surface area contributed by atoms with Gasteiger partial charge in [0, 0.05) is 10.9 Å². The second kappa shape index (κ2) is 6.88. The van der Waals surface area contributed by atoms with Crippen LogP contribution in [0.25, 0.3) is 10.9 Å². The van der Waals surface area contributed by atoms with Crippen molar-refractivity contribution in [3.8, 4) is 0 Å². The molecule has 3 aromatic rings. The second-order valence-electron chi connectivity index (χ2n) is 7.72. The van der Waals surface area contributed by atoms with Gasteiger partial charge in [0.25, 0.3) is 0 Å². The third-order valence-corrected chi connectivity index (χ3v) is 5.82. The molecule has 0 saturated carbocycles.